The Kier molecular flexibility index (Phi) is 7.69. The van der Waals surface area contributed by atoms with Gasteiger partial charge in [-0.05, 0) is 34.4 Å². The van der Waals surface area contributed by atoms with Crippen molar-refractivity contribution in [3.05, 3.63) is 83.7 Å². The number of aromatic nitrogens is 1. The third-order valence-corrected chi connectivity index (χ3v) is 5.55. The molecule has 3 N–H and O–H groups in total. The molecule has 1 aromatic heterocycles. The van der Waals surface area contributed by atoms with E-state index in [0.29, 0.717) is 11.4 Å². The zero-order chi connectivity index (χ0) is 24.6. The van der Waals surface area contributed by atoms with E-state index in [9.17, 15) is 14.4 Å². The Morgan fingerprint density at radius 2 is 1.63 bits per heavy atom. The van der Waals surface area contributed by atoms with Crippen molar-refractivity contribution >= 4 is 23.7 Å². The molecule has 0 radical (unpaired) electrons. The van der Waals surface area contributed by atoms with Crippen molar-refractivity contribution in [3.8, 4) is 11.1 Å². The second-order valence-corrected chi connectivity index (χ2v) is 7.96. The average molecular weight is 476 g/mol. The molecule has 4 rings (SSSR count). The van der Waals surface area contributed by atoms with Crippen molar-refractivity contribution < 1.29 is 29.0 Å². The lowest BCUT2D eigenvalue weighted by Gasteiger charge is -2.14. The molecule has 1 heterocycles. The number of anilines is 1. The van der Waals surface area contributed by atoms with Crippen LogP contribution >= 0.6 is 0 Å². The van der Waals surface area contributed by atoms with Gasteiger partial charge >= 0.3 is 12.1 Å². The molecule has 0 saturated carbocycles. The third kappa shape index (κ3) is 6.21. The third-order valence-electron chi connectivity index (χ3n) is 5.55. The van der Waals surface area contributed by atoms with Gasteiger partial charge in [0.15, 0.2) is 0 Å². The number of nitrogens with one attached hydrogen (secondary N) is 2. The molecular formula is C26H25N3O6. The van der Waals surface area contributed by atoms with Crippen LogP contribution in [-0.2, 0) is 25.5 Å². The highest BCUT2D eigenvalue weighted by molar-refractivity contribution is 5.85. The summed E-state index contributed by atoms with van der Waals surface area (Å²) in [6.45, 7) is 0.110. The predicted octanol–water partition coefficient (Wildman–Crippen LogP) is 3.20. The van der Waals surface area contributed by atoms with Crippen molar-refractivity contribution in [1.82, 2.24) is 10.3 Å². The summed E-state index contributed by atoms with van der Waals surface area (Å²) in [4.78, 5) is 38.9. The summed E-state index contributed by atoms with van der Waals surface area (Å²) in [5, 5.41) is 13.8. The number of pyridine rings is 1. The Morgan fingerprint density at radius 1 is 0.943 bits per heavy atom. The highest BCUT2D eigenvalue weighted by Crippen LogP contribution is 2.44. The van der Waals surface area contributed by atoms with E-state index < -0.39 is 18.7 Å². The molecule has 1 aliphatic rings. The lowest BCUT2D eigenvalue weighted by Crippen LogP contribution is -2.29. The van der Waals surface area contributed by atoms with Crippen LogP contribution in [0.1, 0.15) is 22.7 Å². The van der Waals surface area contributed by atoms with Crippen molar-refractivity contribution in [3.63, 3.8) is 0 Å². The smallest absolute Gasteiger partial charge is 0.411 e. The topological polar surface area (TPSA) is 127 Å². The molecule has 2 amide bonds. The van der Waals surface area contributed by atoms with Gasteiger partial charge in [0.25, 0.3) is 0 Å². The lowest BCUT2D eigenvalue weighted by atomic mass is 9.98. The zero-order valence-electron chi connectivity index (χ0n) is 18.9. The first-order chi connectivity index (χ1) is 17.0. The van der Waals surface area contributed by atoms with Crippen LogP contribution in [0.15, 0.2) is 66.9 Å². The summed E-state index contributed by atoms with van der Waals surface area (Å²) in [7, 11) is 0. The molecular weight excluding hydrogens is 450 g/mol. The fourth-order valence-electron chi connectivity index (χ4n) is 4.00. The first-order valence-electron chi connectivity index (χ1n) is 11.1. The second-order valence-electron chi connectivity index (χ2n) is 7.96. The van der Waals surface area contributed by atoms with Gasteiger partial charge in [0.1, 0.15) is 13.2 Å². The van der Waals surface area contributed by atoms with Gasteiger partial charge in [0.05, 0.1) is 24.9 Å². The molecule has 35 heavy (non-hydrogen) atoms. The highest BCUT2D eigenvalue weighted by atomic mass is 16.5. The number of carboxylic acid groups (broad SMARTS) is 1. The molecule has 0 atom stereocenters. The van der Waals surface area contributed by atoms with E-state index in [1.807, 2.05) is 24.3 Å². The second kappa shape index (κ2) is 11.3. The van der Waals surface area contributed by atoms with Crippen LogP contribution in [0, 0.1) is 0 Å². The van der Waals surface area contributed by atoms with E-state index in [1.54, 1.807) is 12.1 Å². The van der Waals surface area contributed by atoms with E-state index in [-0.39, 0.29) is 38.0 Å². The molecule has 2 aromatic carbocycles. The van der Waals surface area contributed by atoms with Crippen molar-refractivity contribution in [2.45, 2.75) is 12.3 Å². The minimum Gasteiger partial charge on any atom is -0.480 e. The number of rotatable bonds is 10. The first-order valence-corrected chi connectivity index (χ1v) is 11.1. The quantitative estimate of drug-likeness (QED) is 0.384. The zero-order valence-corrected chi connectivity index (χ0v) is 18.9. The Balaban J connectivity index is 1.24. The molecule has 0 unspecified atom stereocenters. The SMILES string of the molecule is O=C(O)COCCNC(=O)Cc1ccc(NC(=O)OCC2c3ccccc3-c3ccccc32)cn1. The van der Waals surface area contributed by atoms with Crippen LogP contribution in [0.25, 0.3) is 11.1 Å². The molecule has 180 valence electrons. The van der Waals surface area contributed by atoms with Gasteiger partial charge in [-0.3, -0.25) is 15.1 Å². The maximum atomic E-state index is 12.4. The van der Waals surface area contributed by atoms with E-state index in [2.05, 4.69) is 39.9 Å². The number of ether oxygens (including phenoxy) is 2. The number of aliphatic carboxylic acids is 1. The molecule has 1 aliphatic carbocycles. The van der Waals surface area contributed by atoms with Crippen LogP contribution < -0.4 is 10.6 Å². The molecule has 0 aliphatic heterocycles. The van der Waals surface area contributed by atoms with Crippen LogP contribution in [0.2, 0.25) is 0 Å². The Bertz CT molecular complexity index is 1170. The van der Waals surface area contributed by atoms with E-state index in [1.165, 1.54) is 6.20 Å². The number of nitrogens with zero attached hydrogens (tertiary/aromatic N) is 1. The maximum Gasteiger partial charge on any atom is 0.411 e. The number of hydrogen-bond acceptors (Lipinski definition) is 6. The van der Waals surface area contributed by atoms with Crippen LogP contribution in [0.4, 0.5) is 10.5 Å². The van der Waals surface area contributed by atoms with Gasteiger partial charge in [-0.1, -0.05) is 48.5 Å². The number of benzene rings is 2. The summed E-state index contributed by atoms with van der Waals surface area (Å²) in [6.07, 6.45) is 0.921. The van der Waals surface area contributed by atoms with Gasteiger partial charge in [-0.15, -0.1) is 0 Å². The van der Waals surface area contributed by atoms with Crippen molar-refractivity contribution in [2.24, 2.45) is 0 Å². The molecule has 0 spiro atoms. The molecule has 3 aromatic rings. The molecule has 9 heteroatoms. The van der Waals surface area contributed by atoms with Crippen molar-refractivity contribution in [2.75, 3.05) is 31.7 Å². The Hall–Kier alpha value is -4.24. The Labute approximate surface area is 202 Å². The van der Waals surface area contributed by atoms with Crippen LogP contribution in [-0.4, -0.2) is 54.4 Å². The highest BCUT2D eigenvalue weighted by Gasteiger charge is 2.29. The minimum absolute atomic E-state index is 0.0262. The average Bonchev–Trinajstić information content (AvgIpc) is 3.17. The monoisotopic (exact) mass is 475 g/mol. The summed E-state index contributed by atoms with van der Waals surface area (Å²) < 4.78 is 10.4. The minimum atomic E-state index is -1.06. The molecule has 9 nitrogen and oxygen atoms in total. The standard InChI is InChI=1S/C26H25N3O6/c30-24(27-11-12-34-16-25(31)32)13-17-9-10-18(14-28-17)29-26(33)35-15-23-21-7-3-1-5-19(21)20-6-2-4-8-22(20)23/h1-10,14,23H,11-13,15-16H2,(H,27,30)(H,29,33)(H,31,32). The summed E-state index contributed by atoms with van der Waals surface area (Å²) >= 11 is 0. The van der Waals surface area contributed by atoms with Gasteiger partial charge in [-0.2, -0.15) is 0 Å². The van der Waals surface area contributed by atoms with Gasteiger partial charge in [0.2, 0.25) is 5.91 Å². The van der Waals surface area contributed by atoms with E-state index in [4.69, 9.17) is 14.6 Å². The Morgan fingerprint density at radius 3 is 2.26 bits per heavy atom. The van der Waals surface area contributed by atoms with Crippen LogP contribution in [0.3, 0.4) is 0 Å². The maximum absolute atomic E-state index is 12.4. The number of carbonyl (C=O) groups excluding carboxylic acids is 2. The van der Waals surface area contributed by atoms with Crippen molar-refractivity contribution in [1.29, 1.82) is 0 Å². The normalized spacial score (nSPS) is 11.9. The van der Waals surface area contributed by atoms with Gasteiger partial charge in [0, 0.05) is 18.2 Å². The fraction of sp³-hybridized carbons (Fsp3) is 0.231. The number of carboxylic acids is 1. The summed E-state index contributed by atoms with van der Waals surface area (Å²) in [6, 6.07) is 19.5. The van der Waals surface area contributed by atoms with E-state index >= 15 is 0 Å². The predicted molar refractivity (Wildman–Crippen MR) is 128 cm³/mol. The number of carbonyl (C=O) groups is 3. The van der Waals surface area contributed by atoms with Gasteiger partial charge < -0.3 is 19.9 Å². The summed E-state index contributed by atoms with van der Waals surface area (Å²) in [5.74, 6) is -1.36. The lowest BCUT2D eigenvalue weighted by molar-refractivity contribution is -0.142. The van der Waals surface area contributed by atoms with Crippen LogP contribution in [0.5, 0.6) is 0 Å². The number of hydrogen-bond donors (Lipinski definition) is 3. The van der Waals surface area contributed by atoms with E-state index in [0.717, 1.165) is 22.3 Å². The molecule has 0 bridgehead atoms. The first kappa shape index (κ1) is 23.9. The number of amides is 2. The largest absolute Gasteiger partial charge is 0.480 e. The fourth-order valence-corrected chi connectivity index (χ4v) is 4.00. The molecule has 0 saturated heterocycles. The van der Waals surface area contributed by atoms with Gasteiger partial charge in [-0.25, -0.2) is 9.59 Å². The summed E-state index contributed by atoms with van der Waals surface area (Å²) in [5.41, 5.74) is 5.57. The molecule has 0 fully saturated rings. The number of fused-ring (bicyclic) bond motifs is 3.